The number of aryl methyl sites for hydroxylation is 1. The second kappa shape index (κ2) is 7.26. The standard InChI is InChI=1S/C22H25N5O3S/c1-14-4-2-3-5-18(14)19-13-27(21(23)25-19)31(29,30)17-8-9-20-15(12-17)10-11-26(20)22(28)24-16-6-7-16/h2-5,8-9,12,16,19H,6-7,10-11,13H2,1H3,(H2,23,25)(H,24,28)/t19-/m1/s1. The van der Waals surface area contributed by atoms with E-state index in [1.165, 1.54) is 4.31 Å². The van der Waals surface area contributed by atoms with Gasteiger partial charge in [0.05, 0.1) is 17.5 Å². The maximum absolute atomic E-state index is 13.3. The smallest absolute Gasteiger partial charge is 0.322 e. The highest BCUT2D eigenvalue weighted by atomic mass is 32.2. The number of guanidine groups is 1. The summed E-state index contributed by atoms with van der Waals surface area (Å²) in [7, 11) is -3.85. The number of amides is 2. The van der Waals surface area contributed by atoms with E-state index in [2.05, 4.69) is 10.3 Å². The molecule has 0 radical (unpaired) electrons. The van der Waals surface area contributed by atoms with Gasteiger partial charge in [0.25, 0.3) is 10.0 Å². The number of rotatable bonds is 4. The first-order valence-electron chi connectivity index (χ1n) is 10.5. The van der Waals surface area contributed by atoms with Gasteiger partial charge in [0.1, 0.15) is 0 Å². The Balaban J connectivity index is 1.38. The average molecular weight is 440 g/mol. The van der Waals surface area contributed by atoms with E-state index in [0.29, 0.717) is 13.0 Å². The zero-order valence-electron chi connectivity index (χ0n) is 17.3. The number of nitrogens with two attached hydrogens (primary N) is 1. The highest BCUT2D eigenvalue weighted by molar-refractivity contribution is 7.89. The van der Waals surface area contributed by atoms with Crippen LogP contribution in [0.2, 0.25) is 0 Å². The van der Waals surface area contributed by atoms with E-state index >= 15 is 0 Å². The first kappa shape index (κ1) is 19.9. The number of nitrogens with one attached hydrogen (secondary N) is 1. The summed E-state index contributed by atoms with van der Waals surface area (Å²) in [5, 5.41) is 2.99. The molecule has 1 saturated carbocycles. The topological polar surface area (TPSA) is 108 Å². The molecule has 2 aromatic carbocycles. The van der Waals surface area contributed by atoms with Crippen LogP contribution in [0.5, 0.6) is 0 Å². The van der Waals surface area contributed by atoms with Gasteiger partial charge >= 0.3 is 6.03 Å². The van der Waals surface area contributed by atoms with Gasteiger partial charge in [-0.15, -0.1) is 0 Å². The molecular formula is C22H25N5O3S. The van der Waals surface area contributed by atoms with Crippen molar-refractivity contribution in [3.8, 4) is 0 Å². The van der Waals surface area contributed by atoms with E-state index < -0.39 is 10.0 Å². The number of fused-ring (bicyclic) bond motifs is 1. The fourth-order valence-electron chi connectivity index (χ4n) is 4.22. The molecule has 1 fully saturated rings. The maximum Gasteiger partial charge on any atom is 0.322 e. The fourth-order valence-corrected chi connectivity index (χ4v) is 5.64. The predicted octanol–water partition coefficient (Wildman–Crippen LogP) is 2.29. The monoisotopic (exact) mass is 439 g/mol. The Morgan fingerprint density at radius 1 is 1.19 bits per heavy atom. The molecule has 3 aliphatic rings. The van der Waals surface area contributed by atoms with Gasteiger partial charge in [0.15, 0.2) is 0 Å². The Labute approximate surface area is 181 Å². The van der Waals surface area contributed by atoms with Crippen molar-refractivity contribution in [3.05, 3.63) is 59.2 Å². The van der Waals surface area contributed by atoms with Crippen molar-refractivity contribution in [2.24, 2.45) is 10.7 Å². The molecule has 2 heterocycles. The molecule has 162 valence electrons. The first-order valence-corrected chi connectivity index (χ1v) is 11.9. The van der Waals surface area contributed by atoms with E-state index in [1.807, 2.05) is 31.2 Å². The third-order valence-electron chi connectivity index (χ3n) is 6.11. The van der Waals surface area contributed by atoms with E-state index in [1.54, 1.807) is 23.1 Å². The number of hydrogen-bond donors (Lipinski definition) is 2. The van der Waals surface area contributed by atoms with Gasteiger partial charge in [-0.25, -0.2) is 22.5 Å². The number of benzene rings is 2. The number of hydrogen-bond acceptors (Lipinski definition) is 5. The van der Waals surface area contributed by atoms with Gasteiger partial charge in [-0.2, -0.15) is 0 Å². The van der Waals surface area contributed by atoms with Crippen molar-refractivity contribution in [1.82, 2.24) is 9.62 Å². The molecule has 2 aliphatic heterocycles. The number of sulfonamides is 1. The Morgan fingerprint density at radius 2 is 1.97 bits per heavy atom. The summed E-state index contributed by atoms with van der Waals surface area (Å²) >= 11 is 0. The van der Waals surface area contributed by atoms with E-state index in [0.717, 1.165) is 35.2 Å². The van der Waals surface area contributed by atoms with Crippen LogP contribution in [-0.4, -0.2) is 43.8 Å². The molecule has 9 heteroatoms. The quantitative estimate of drug-likeness (QED) is 0.762. The highest BCUT2D eigenvalue weighted by Gasteiger charge is 2.36. The summed E-state index contributed by atoms with van der Waals surface area (Å²) in [6.45, 7) is 2.69. The predicted molar refractivity (Wildman–Crippen MR) is 118 cm³/mol. The highest BCUT2D eigenvalue weighted by Crippen LogP contribution is 2.34. The van der Waals surface area contributed by atoms with Gasteiger partial charge in [-0.05, 0) is 61.1 Å². The molecule has 2 aromatic rings. The first-order chi connectivity index (χ1) is 14.8. The van der Waals surface area contributed by atoms with E-state index in [9.17, 15) is 13.2 Å². The van der Waals surface area contributed by atoms with Crippen LogP contribution in [0, 0.1) is 6.92 Å². The molecule has 1 aliphatic carbocycles. The second-order valence-electron chi connectivity index (χ2n) is 8.31. The van der Waals surface area contributed by atoms with Crippen molar-refractivity contribution in [3.63, 3.8) is 0 Å². The molecule has 0 unspecified atom stereocenters. The van der Waals surface area contributed by atoms with Crippen LogP contribution in [0.4, 0.5) is 10.5 Å². The lowest BCUT2D eigenvalue weighted by Gasteiger charge is -2.21. The van der Waals surface area contributed by atoms with Crippen LogP contribution in [0.1, 0.15) is 35.6 Å². The van der Waals surface area contributed by atoms with Gasteiger partial charge in [0, 0.05) is 18.3 Å². The number of carbonyl (C=O) groups excluding carboxylic acids is 1. The van der Waals surface area contributed by atoms with Crippen molar-refractivity contribution < 1.29 is 13.2 Å². The molecule has 0 aromatic heterocycles. The van der Waals surface area contributed by atoms with Gasteiger partial charge in [-0.1, -0.05) is 24.3 Å². The lowest BCUT2D eigenvalue weighted by atomic mass is 10.0. The Bertz CT molecular complexity index is 1190. The fraction of sp³-hybridized carbons (Fsp3) is 0.364. The molecule has 8 nitrogen and oxygen atoms in total. The van der Waals surface area contributed by atoms with Crippen LogP contribution in [0.15, 0.2) is 52.4 Å². The lowest BCUT2D eigenvalue weighted by Crippen LogP contribution is -2.40. The zero-order chi connectivity index (χ0) is 21.8. The largest absolute Gasteiger partial charge is 0.369 e. The molecule has 0 bridgehead atoms. The van der Waals surface area contributed by atoms with Crippen molar-refractivity contribution in [1.29, 1.82) is 0 Å². The van der Waals surface area contributed by atoms with Gasteiger partial charge < -0.3 is 11.1 Å². The molecule has 0 spiro atoms. The summed E-state index contributed by atoms with van der Waals surface area (Å²) in [4.78, 5) is 18.7. The van der Waals surface area contributed by atoms with Gasteiger partial charge in [-0.3, -0.25) is 4.90 Å². The third-order valence-corrected chi connectivity index (χ3v) is 7.88. The van der Waals surface area contributed by atoms with Crippen LogP contribution in [-0.2, 0) is 16.4 Å². The average Bonchev–Trinajstić information content (AvgIpc) is 3.31. The number of urea groups is 1. The maximum atomic E-state index is 13.3. The normalized spacial score (nSPS) is 20.5. The van der Waals surface area contributed by atoms with E-state index in [4.69, 9.17) is 5.73 Å². The van der Waals surface area contributed by atoms with Crippen molar-refractivity contribution in [2.75, 3.05) is 18.0 Å². The Hall–Kier alpha value is -3.07. The SMILES string of the molecule is Cc1ccccc1[C@H]1CN(S(=O)(=O)c2ccc3c(c2)CCN3C(=O)NC2CC2)C(N)=N1. The summed E-state index contributed by atoms with van der Waals surface area (Å²) in [5.74, 6) is -0.000751. The third kappa shape index (κ3) is 3.52. The molecular weight excluding hydrogens is 414 g/mol. The minimum absolute atomic E-state index is 0.000751. The molecule has 2 amide bonds. The molecule has 31 heavy (non-hydrogen) atoms. The van der Waals surface area contributed by atoms with Gasteiger partial charge in [0.2, 0.25) is 5.96 Å². The van der Waals surface area contributed by atoms with Crippen LogP contribution >= 0.6 is 0 Å². The summed E-state index contributed by atoms with van der Waals surface area (Å²) in [6, 6.07) is 12.5. The Morgan fingerprint density at radius 3 is 2.71 bits per heavy atom. The molecule has 5 rings (SSSR count). The minimum atomic E-state index is -3.85. The second-order valence-corrected chi connectivity index (χ2v) is 10.2. The molecule has 3 N–H and O–H groups in total. The van der Waals surface area contributed by atoms with Crippen molar-refractivity contribution in [2.45, 2.75) is 43.2 Å². The summed E-state index contributed by atoms with van der Waals surface area (Å²) in [6.07, 6.45) is 2.66. The number of aliphatic imine (C=N–C) groups is 1. The van der Waals surface area contributed by atoms with Crippen LogP contribution in [0.3, 0.4) is 0 Å². The lowest BCUT2D eigenvalue weighted by molar-refractivity contribution is 0.246. The van der Waals surface area contributed by atoms with Crippen LogP contribution in [0.25, 0.3) is 0 Å². The summed E-state index contributed by atoms with van der Waals surface area (Å²) < 4.78 is 27.9. The summed E-state index contributed by atoms with van der Waals surface area (Å²) in [5.41, 5.74) is 9.66. The van der Waals surface area contributed by atoms with Crippen LogP contribution < -0.4 is 16.0 Å². The van der Waals surface area contributed by atoms with E-state index in [-0.39, 0.29) is 35.5 Å². The number of anilines is 1. The number of nitrogens with zero attached hydrogens (tertiary/aromatic N) is 3. The zero-order valence-corrected chi connectivity index (χ0v) is 18.1. The molecule has 0 saturated heterocycles. The minimum Gasteiger partial charge on any atom is -0.369 e. The Kier molecular flexibility index (Phi) is 4.65. The van der Waals surface area contributed by atoms with Crippen molar-refractivity contribution >= 4 is 27.7 Å². The molecule has 1 atom stereocenters. The number of carbonyl (C=O) groups is 1.